The number of nitriles is 1. The van der Waals surface area contributed by atoms with Crippen LogP contribution in [-0.2, 0) is 4.79 Å². The highest BCUT2D eigenvalue weighted by atomic mass is 16.4. The number of benzene rings is 1. The zero-order valence-corrected chi connectivity index (χ0v) is 9.97. The van der Waals surface area contributed by atoms with E-state index in [4.69, 9.17) is 10.4 Å². The summed E-state index contributed by atoms with van der Waals surface area (Å²) in [7, 11) is 0. The van der Waals surface area contributed by atoms with Crippen LogP contribution >= 0.6 is 0 Å². The largest absolute Gasteiger partial charge is 0.480 e. The number of carbonyl (C=O) groups is 1. The molecule has 1 rings (SSSR count). The van der Waals surface area contributed by atoms with Crippen molar-refractivity contribution in [2.45, 2.75) is 6.92 Å². The molecule has 0 atom stereocenters. The molecule has 6 heteroatoms. The zero-order valence-electron chi connectivity index (χ0n) is 9.97. The van der Waals surface area contributed by atoms with Crippen molar-refractivity contribution in [1.29, 1.82) is 5.26 Å². The molecule has 1 aromatic rings. The number of hydrogen-bond acceptors (Lipinski definition) is 3. The summed E-state index contributed by atoms with van der Waals surface area (Å²) in [4.78, 5) is 14.3. The molecule has 3 N–H and O–H groups in total. The topological polar surface area (TPSA) is 97.5 Å². The third kappa shape index (κ3) is 4.53. The second-order valence-electron chi connectivity index (χ2n) is 3.40. The summed E-state index contributed by atoms with van der Waals surface area (Å²) < 4.78 is 0. The van der Waals surface area contributed by atoms with Crippen LogP contribution in [0.2, 0.25) is 0 Å². The van der Waals surface area contributed by atoms with Gasteiger partial charge in [0, 0.05) is 12.2 Å². The third-order valence-electron chi connectivity index (χ3n) is 1.99. The fourth-order valence-corrected chi connectivity index (χ4v) is 1.22. The van der Waals surface area contributed by atoms with Crippen molar-refractivity contribution in [1.82, 2.24) is 5.32 Å². The molecule has 18 heavy (non-hydrogen) atoms. The van der Waals surface area contributed by atoms with E-state index in [0.29, 0.717) is 18.1 Å². The van der Waals surface area contributed by atoms with Gasteiger partial charge in [-0.3, -0.25) is 4.79 Å². The molecule has 0 saturated carbocycles. The number of anilines is 1. The summed E-state index contributed by atoms with van der Waals surface area (Å²) >= 11 is 0. The van der Waals surface area contributed by atoms with Gasteiger partial charge in [-0.05, 0) is 31.2 Å². The first kappa shape index (κ1) is 13.5. The maximum absolute atomic E-state index is 10.4. The number of carboxylic acid groups (broad SMARTS) is 1. The minimum atomic E-state index is -0.993. The predicted molar refractivity (Wildman–Crippen MR) is 68.4 cm³/mol. The Labute approximate surface area is 105 Å². The first-order valence-corrected chi connectivity index (χ1v) is 5.43. The van der Waals surface area contributed by atoms with Crippen LogP contribution in [0.25, 0.3) is 0 Å². The number of rotatable bonds is 4. The highest BCUT2D eigenvalue weighted by molar-refractivity contribution is 5.94. The quantitative estimate of drug-likeness (QED) is 0.544. The van der Waals surface area contributed by atoms with E-state index < -0.39 is 5.97 Å². The highest BCUT2D eigenvalue weighted by Gasteiger charge is 2.01. The Balaban J connectivity index is 2.73. The first-order chi connectivity index (χ1) is 8.65. The fourth-order valence-electron chi connectivity index (χ4n) is 1.22. The SMILES string of the molecule is CCNC(=NCC(=O)O)Nc1ccc(C#N)cc1. The molecule has 0 heterocycles. The Morgan fingerprint density at radius 2 is 2.11 bits per heavy atom. The molecule has 94 valence electrons. The Kier molecular flexibility index (Phi) is 5.19. The van der Waals surface area contributed by atoms with Gasteiger partial charge >= 0.3 is 5.97 Å². The number of hydrogen-bond donors (Lipinski definition) is 3. The van der Waals surface area contributed by atoms with Crippen LogP contribution in [0.5, 0.6) is 0 Å². The molecule has 6 nitrogen and oxygen atoms in total. The van der Waals surface area contributed by atoms with Crippen LogP contribution in [0.15, 0.2) is 29.3 Å². The van der Waals surface area contributed by atoms with Gasteiger partial charge in [0.15, 0.2) is 5.96 Å². The maximum atomic E-state index is 10.4. The van der Waals surface area contributed by atoms with Gasteiger partial charge in [-0.25, -0.2) is 4.99 Å². The van der Waals surface area contributed by atoms with Gasteiger partial charge in [0.25, 0.3) is 0 Å². The number of guanidine groups is 1. The lowest BCUT2D eigenvalue weighted by Crippen LogP contribution is -2.31. The molecular formula is C12H14N4O2. The number of carboxylic acids is 1. The molecule has 0 aliphatic rings. The van der Waals surface area contributed by atoms with E-state index in [1.54, 1.807) is 24.3 Å². The summed E-state index contributed by atoms with van der Waals surface area (Å²) in [5.74, 6) is -0.600. The average molecular weight is 246 g/mol. The normalized spacial score (nSPS) is 10.6. The number of nitrogens with zero attached hydrogens (tertiary/aromatic N) is 2. The molecule has 0 unspecified atom stereocenters. The van der Waals surface area contributed by atoms with Crippen molar-refractivity contribution in [3.8, 4) is 6.07 Å². The highest BCUT2D eigenvalue weighted by Crippen LogP contribution is 2.08. The summed E-state index contributed by atoms with van der Waals surface area (Å²) in [6, 6.07) is 8.82. The standard InChI is InChI=1S/C12H14N4O2/c1-2-14-12(15-8-11(17)18)16-10-5-3-9(7-13)4-6-10/h3-6H,2,8H2,1H3,(H,17,18)(H2,14,15,16). The number of nitrogens with one attached hydrogen (secondary N) is 2. The van der Waals surface area contributed by atoms with E-state index in [2.05, 4.69) is 15.6 Å². The van der Waals surface area contributed by atoms with Gasteiger partial charge in [0.1, 0.15) is 6.54 Å². The monoisotopic (exact) mass is 246 g/mol. The Morgan fingerprint density at radius 3 is 2.61 bits per heavy atom. The van der Waals surface area contributed by atoms with Crippen LogP contribution in [0.3, 0.4) is 0 Å². The molecule has 0 radical (unpaired) electrons. The van der Waals surface area contributed by atoms with Crippen LogP contribution in [0.4, 0.5) is 5.69 Å². The van der Waals surface area contributed by atoms with Gasteiger partial charge in [0.2, 0.25) is 0 Å². The fraction of sp³-hybridized carbons (Fsp3) is 0.250. The van der Waals surface area contributed by atoms with E-state index in [1.807, 2.05) is 13.0 Å². The lowest BCUT2D eigenvalue weighted by molar-refractivity contribution is -0.135. The molecule has 0 aliphatic carbocycles. The number of aliphatic imine (C=N–C) groups is 1. The third-order valence-corrected chi connectivity index (χ3v) is 1.99. The Morgan fingerprint density at radius 1 is 1.44 bits per heavy atom. The molecular weight excluding hydrogens is 232 g/mol. The van der Waals surface area contributed by atoms with Gasteiger partial charge < -0.3 is 15.7 Å². The van der Waals surface area contributed by atoms with Gasteiger partial charge in [-0.15, -0.1) is 0 Å². The molecule has 0 saturated heterocycles. The van der Waals surface area contributed by atoms with Crippen LogP contribution in [0.1, 0.15) is 12.5 Å². The second kappa shape index (κ2) is 6.91. The summed E-state index contributed by atoms with van der Waals surface area (Å²) in [6.45, 7) is 2.21. The molecule has 0 bridgehead atoms. The van der Waals surface area contributed by atoms with Crippen LogP contribution in [-0.4, -0.2) is 30.1 Å². The van der Waals surface area contributed by atoms with E-state index >= 15 is 0 Å². The summed E-state index contributed by atoms with van der Waals surface area (Å²) in [6.07, 6.45) is 0. The van der Waals surface area contributed by atoms with Crippen molar-refractivity contribution >= 4 is 17.6 Å². The lowest BCUT2D eigenvalue weighted by atomic mass is 10.2. The van der Waals surface area contributed by atoms with Crippen molar-refractivity contribution < 1.29 is 9.90 Å². The zero-order chi connectivity index (χ0) is 13.4. The smallest absolute Gasteiger partial charge is 0.325 e. The van der Waals surface area contributed by atoms with Crippen LogP contribution in [0, 0.1) is 11.3 Å². The lowest BCUT2D eigenvalue weighted by Gasteiger charge is -2.10. The Hall–Kier alpha value is -2.55. The molecule has 0 aliphatic heterocycles. The van der Waals surface area contributed by atoms with Gasteiger partial charge in [0.05, 0.1) is 11.6 Å². The van der Waals surface area contributed by atoms with E-state index in [1.165, 1.54) is 0 Å². The first-order valence-electron chi connectivity index (χ1n) is 5.43. The predicted octanol–water partition coefficient (Wildman–Crippen LogP) is 1.02. The molecule has 1 aromatic carbocycles. The van der Waals surface area contributed by atoms with Gasteiger partial charge in [-0.1, -0.05) is 0 Å². The Bertz CT molecular complexity index is 474. The maximum Gasteiger partial charge on any atom is 0.325 e. The molecule has 0 aromatic heterocycles. The molecule has 0 fully saturated rings. The van der Waals surface area contributed by atoms with E-state index in [-0.39, 0.29) is 6.54 Å². The van der Waals surface area contributed by atoms with Crippen molar-refractivity contribution in [3.63, 3.8) is 0 Å². The number of aliphatic carboxylic acids is 1. The minimum absolute atomic E-state index is 0.300. The van der Waals surface area contributed by atoms with E-state index in [0.717, 1.165) is 5.69 Å². The second-order valence-corrected chi connectivity index (χ2v) is 3.40. The van der Waals surface area contributed by atoms with E-state index in [9.17, 15) is 4.79 Å². The molecule has 0 amide bonds. The molecule has 0 spiro atoms. The minimum Gasteiger partial charge on any atom is -0.480 e. The summed E-state index contributed by atoms with van der Waals surface area (Å²) in [5, 5.41) is 23.1. The average Bonchev–Trinajstić information content (AvgIpc) is 2.37. The van der Waals surface area contributed by atoms with Gasteiger partial charge in [-0.2, -0.15) is 5.26 Å². The van der Waals surface area contributed by atoms with Crippen LogP contribution < -0.4 is 10.6 Å². The van der Waals surface area contributed by atoms with Crippen molar-refractivity contribution in [2.24, 2.45) is 4.99 Å². The summed E-state index contributed by atoms with van der Waals surface area (Å²) in [5.41, 5.74) is 1.30. The van der Waals surface area contributed by atoms with Crippen molar-refractivity contribution in [2.75, 3.05) is 18.4 Å². The van der Waals surface area contributed by atoms with Crippen molar-refractivity contribution in [3.05, 3.63) is 29.8 Å².